The van der Waals surface area contributed by atoms with Gasteiger partial charge in [0.2, 0.25) is 5.91 Å². The molecular formula is C22H28N4O. The molecule has 0 radical (unpaired) electrons. The maximum atomic E-state index is 12.8. The molecule has 5 nitrogen and oxygen atoms in total. The topological polar surface area (TPSA) is 50.5 Å². The summed E-state index contributed by atoms with van der Waals surface area (Å²) >= 11 is 0. The van der Waals surface area contributed by atoms with Gasteiger partial charge in [-0.1, -0.05) is 26.0 Å². The Bertz CT molecular complexity index is 1000. The third kappa shape index (κ3) is 3.43. The van der Waals surface area contributed by atoms with E-state index < -0.39 is 0 Å². The normalized spacial score (nSPS) is 14.4. The van der Waals surface area contributed by atoms with Gasteiger partial charge in [0.1, 0.15) is 0 Å². The van der Waals surface area contributed by atoms with Gasteiger partial charge in [-0.2, -0.15) is 5.10 Å². The Hall–Kier alpha value is -2.43. The second-order valence-electron chi connectivity index (χ2n) is 8.18. The number of aryl methyl sites for hydroxylation is 2. The predicted molar refractivity (Wildman–Crippen MR) is 108 cm³/mol. The third-order valence-corrected chi connectivity index (χ3v) is 5.48. The van der Waals surface area contributed by atoms with E-state index in [2.05, 4.69) is 31.7 Å². The van der Waals surface area contributed by atoms with Gasteiger partial charge < -0.3 is 4.90 Å². The van der Waals surface area contributed by atoms with Gasteiger partial charge in [0, 0.05) is 35.8 Å². The van der Waals surface area contributed by atoms with Crippen LogP contribution in [0, 0.1) is 19.8 Å². The summed E-state index contributed by atoms with van der Waals surface area (Å²) in [6, 6.07) is 8.56. The van der Waals surface area contributed by atoms with Crippen molar-refractivity contribution >= 4 is 22.5 Å². The first-order chi connectivity index (χ1) is 13.0. The molecule has 0 unspecified atom stereocenters. The molecule has 0 atom stereocenters. The molecule has 1 aromatic carbocycles. The van der Waals surface area contributed by atoms with Crippen LogP contribution in [0.25, 0.3) is 16.6 Å². The summed E-state index contributed by atoms with van der Waals surface area (Å²) in [5, 5.41) is 5.79. The molecule has 5 heteroatoms. The molecule has 0 spiro atoms. The van der Waals surface area contributed by atoms with Gasteiger partial charge in [0.15, 0.2) is 5.65 Å². The molecule has 1 aliphatic carbocycles. The van der Waals surface area contributed by atoms with E-state index in [1.807, 2.05) is 29.6 Å². The number of rotatable bonds is 6. The molecule has 0 N–H and O–H groups in total. The average Bonchev–Trinajstić information content (AvgIpc) is 3.41. The van der Waals surface area contributed by atoms with Gasteiger partial charge in [0.25, 0.3) is 0 Å². The first kappa shape index (κ1) is 18.0. The first-order valence-electron chi connectivity index (χ1n) is 9.98. The number of aromatic nitrogens is 3. The van der Waals surface area contributed by atoms with Crippen LogP contribution < -0.4 is 0 Å². The number of nitrogens with zero attached hydrogens (tertiary/aromatic N) is 4. The van der Waals surface area contributed by atoms with Crippen molar-refractivity contribution in [3.8, 4) is 0 Å². The van der Waals surface area contributed by atoms with Crippen LogP contribution >= 0.6 is 0 Å². The summed E-state index contributed by atoms with van der Waals surface area (Å²) < 4.78 is 1.93. The summed E-state index contributed by atoms with van der Waals surface area (Å²) in [5.41, 5.74) is 5.08. The number of carbonyl (C=O) groups is 1. The number of amides is 1. The largest absolute Gasteiger partial charge is 0.339 e. The van der Waals surface area contributed by atoms with E-state index in [-0.39, 0.29) is 5.91 Å². The Balaban J connectivity index is 1.60. The highest BCUT2D eigenvalue weighted by atomic mass is 16.2. The Kier molecular flexibility index (Phi) is 4.62. The van der Waals surface area contributed by atoms with Crippen LogP contribution in [-0.2, 0) is 11.2 Å². The van der Waals surface area contributed by atoms with E-state index in [0.717, 1.165) is 59.3 Å². The van der Waals surface area contributed by atoms with Crippen LogP contribution in [0.4, 0.5) is 0 Å². The van der Waals surface area contributed by atoms with E-state index in [1.165, 1.54) is 0 Å². The number of carbonyl (C=O) groups excluding carboxylic acids is 1. The molecular weight excluding hydrogens is 336 g/mol. The average molecular weight is 364 g/mol. The van der Waals surface area contributed by atoms with Gasteiger partial charge in [-0.15, -0.1) is 0 Å². The van der Waals surface area contributed by atoms with Crippen molar-refractivity contribution in [2.45, 2.75) is 59.4 Å². The molecule has 1 amide bonds. The highest BCUT2D eigenvalue weighted by molar-refractivity contribution is 5.92. The molecule has 1 aliphatic rings. The lowest BCUT2D eigenvalue weighted by atomic mass is 10.1. The molecule has 1 fully saturated rings. The fraction of sp³-hybridized carbons (Fsp3) is 0.500. The summed E-state index contributed by atoms with van der Waals surface area (Å²) in [6.45, 7) is 9.35. The van der Waals surface area contributed by atoms with Gasteiger partial charge in [-0.25, -0.2) is 9.50 Å². The Morgan fingerprint density at radius 2 is 2.00 bits per heavy atom. The van der Waals surface area contributed by atoms with Crippen LogP contribution in [0.3, 0.4) is 0 Å². The second-order valence-corrected chi connectivity index (χ2v) is 8.18. The van der Waals surface area contributed by atoms with Crippen molar-refractivity contribution in [3.05, 3.63) is 41.2 Å². The Morgan fingerprint density at radius 1 is 1.26 bits per heavy atom. The maximum Gasteiger partial charge on any atom is 0.223 e. The van der Waals surface area contributed by atoms with Crippen LogP contribution in [0.2, 0.25) is 0 Å². The van der Waals surface area contributed by atoms with E-state index in [1.54, 1.807) is 0 Å². The third-order valence-electron chi connectivity index (χ3n) is 5.48. The minimum absolute atomic E-state index is 0.274. The fourth-order valence-electron chi connectivity index (χ4n) is 3.95. The zero-order chi connectivity index (χ0) is 19.1. The number of benzene rings is 1. The predicted octanol–water partition coefficient (Wildman–Crippen LogP) is 4.08. The summed E-state index contributed by atoms with van der Waals surface area (Å²) in [5.74, 6) is 0.781. The van der Waals surface area contributed by atoms with Crippen LogP contribution in [0.15, 0.2) is 24.3 Å². The van der Waals surface area contributed by atoms with Gasteiger partial charge in [-0.3, -0.25) is 4.79 Å². The number of fused-ring (bicyclic) bond motifs is 3. The van der Waals surface area contributed by atoms with E-state index >= 15 is 0 Å². The smallest absolute Gasteiger partial charge is 0.223 e. The Labute approximate surface area is 160 Å². The molecule has 0 bridgehead atoms. The lowest BCUT2D eigenvalue weighted by Crippen LogP contribution is -2.36. The van der Waals surface area contributed by atoms with Crippen molar-refractivity contribution in [3.63, 3.8) is 0 Å². The zero-order valence-corrected chi connectivity index (χ0v) is 16.7. The van der Waals surface area contributed by atoms with Crippen molar-refractivity contribution in [2.75, 3.05) is 6.54 Å². The first-order valence-corrected chi connectivity index (χ1v) is 9.98. The SMILES string of the molecule is Cc1nc2c3ccccc3nn2c(C)c1CCC(=O)N(CC(C)C)C1CC1. The van der Waals surface area contributed by atoms with Crippen molar-refractivity contribution in [2.24, 2.45) is 5.92 Å². The van der Waals surface area contributed by atoms with E-state index in [4.69, 9.17) is 10.1 Å². The summed E-state index contributed by atoms with van der Waals surface area (Å²) in [7, 11) is 0. The van der Waals surface area contributed by atoms with Crippen molar-refractivity contribution in [1.82, 2.24) is 19.5 Å². The molecule has 3 aromatic rings. The minimum Gasteiger partial charge on any atom is -0.339 e. The quantitative estimate of drug-likeness (QED) is 0.662. The lowest BCUT2D eigenvalue weighted by molar-refractivity contribution is -0.132. The summed E-state index contributed by atoms with van der Waals surface area (Å²) in [4.78, 5) is 19.8. The molecule has 4 rings (SSSR count). The highest BCUT2D eigenvalue weighted by Crippen LogP contribution is 2.29. The molecule has 2 aromatic heterocycles. The standard InChI is InChI=1S/C22H28N4O/c1-14(2)13-25(17-9-10-17)21(27)12-11-18-15(3)23-22-19-7-5-6-8-20(19)24-26(22)16(18)4/h5-8,14,17H,9-13H2,1-4H3. The zero-order valence-electron chi connectivity index (χ0n) is 16.7. The van der Waals surface area contributed by atoms with Crippen LogP contribution in [-0.4, -0.2) is 38.0 Å². The van der Waals surface area contributed by atoms with Gasteiger partial charge in [0.05, 0.1) is 5.52 Å². The molecule has 0 aliphatic heterocycles. The maximum absolute atomic E-state index is 12.8. The Morgan fingerprint density at radius 3 is 2.70 bits per heavy atom. The van der Waals surface area contributed by atoms with E-state index in [9.17, 15) is 4.79 Å². The van der Waals surface area contributed by atoms with Crippen molar-refractivity contribution < 1.29 is 4.79 Å². The number of hydrogen-bond donors (Lipinski definition) is 0. The molecule has 27 heavy (non-hydrogen) atoms. The molecule has 1 saturated carbocycles. The van der Waals surface area contributed by atoms with Crippen molar-refractivity contribution in [1.29, 1.82) is 0 Å². The molecule has 0 saturated heterocycles. The van der Waals surface area contributed by atoms with Crippen LogP contribution in [0.5, 0.6) is 0 Å². The number of hydrogen-bond acceptors (Lipinski definition) is 3. The summed E-state index contributed by atoms with van der Waals surface area (Å²) in [6.07, 6.45) is 3.57. The fourth-order valence-corrected chi connectivity index (χ4v) is 3.95. The molecule has 142 valence electrons. The van der Waals surface area contributed by atoms with Gasteiger partial charge in [-0.05, 0) is 56.7 Å². The monoisotopic (exact) mass is 364 g/mol. The van der Waals surface area contributed by atoms with Gasteiger partial charge >= 0.3 is 0 Å². The van der Waals surface area contributed by atoms with E-state index in [0.29, 0.717) is 18.4 Å². The molecule has 2 heterocycles. The van der Waals surface area contributed by atoms with Crippen LogP contribution in [0.1, 0.15) is 50.1 Å². The minimum atomic E-state index is 0.274. The second kappa shape index (κ2) is 6.95. The highest BCUT2D eigenvalue weighted by Gasteiger charge is 2.32. The lowest BCUT2D eigenvalue weighted by Gasteiger charge is -2.24.